The van der Waals surface area contributed by atoms with Crippen LogP contribution in [0.2, 0.25) is 0 Å². The van der Waals surface area contributed by atoms with E-state index in [9.17, 15) is 0 Å². The lowest BCUT2D eigenvalue weighted by atomic mass is 9.93. The highest BCUT2D eigenvalue weighted by Crippen LogP contribution is 2.43. The maximum atomic E-state index is 5.24. The molecule has 3 unspecified atom stereocenters. The van der Waals surface area contributed by atoms with Gasteiger partial charge in [0.1, 0.15) is 0 Å². The van der Waals surface area contributed by atoms with Crippen molar-refractivity contribution >= 4 is 5.69 Å². The highest BCUT2D eigenvalue weighted by atomic mass is 16.5. The highest BCUT2D eigenvalue weighted by molar-refractivity contribution is 5.50. The maximum absolute atomic E-state index is 5.24. The van der Waals surface area contributed by atoms with Crippen molar-refractivity contribution in [1.82, 2.24) is 0 Å². The lowest BCUT2D eigenvalue weighted by Gasteiger charge is -2.20. The second-order valence-electron chi connectivity index (χ2n) is 5.51. The summed E-state index contributed by atoms with van der Waals surface area (Å²) in [7, 11) is 1.75. The van der Waals surface area contributed by atoms with Gasteiger partial charge in [-0.05, 0) is 36.7 Å². The van der Waals surface area contributed by atoms with Crippen molar-refractivity contribution in [2.75, 3.05) is 19.0 Å². The number of allylic oxidation sites excluding steroid dienone is 2. The van der Waals surface area contributed by atoms with Crippen LogP contribution in [0.15, 0.2) is 36.4 Å². The first kappa shape index (κ1) is 11.8. The largest absolute Gasteiger partial charge is 0.384 e. The fourth-order valence-corrected chi connectivity index (χ4v) is 3.34. The average Bonchev–Trinajstić information content (AvgIpc) is 3.00. The van der Waals surface area contributed by atoms with Crippen LogP contribution in [0.4, 0.5) is 5.69 Å². The molecule has 2 heteroatoms. The fraction of sp³-hybridized carbons (Fsp3) is 0.500. The molecule has 1 N–H and O–H groups in total. The molecule has 0 spiro atoms. The Bertz CT molecular complexity index is 440. The van der Waals surface area contributed by atoms with Crippen LogP contribution in [-0.2, 0) is 11.3 Å². The van der Waals surface area contributed by atoms with Gasteiger partial charge >= 0.3 is 0 Å². The van der Waals surface area contributed by atoms with E-state index in [0.29, 0.717) is 6.61 Å². The van der Waals surface area contributed by atoms with Gasteiger partial charge in [0.2, 0.25) is 0 Å². The summed E-state index contributed by atoms with van der Waals surface area (Å²) in [6.07, 6.45) is 7.56. The Hall–Kier alpha value is -1.28. The highest BCUT2D eigenvalue weighted by Gasteiger charge is 2.35. The first-order chi connectivity index (χ1) is 8.86. The van der Waals surface area contributed by atoms with Gasteiger partial charge in [0.25, 0.3) is 0 Å². The quantitative estimate of drug-likeness (QED) is 0.800. The first-order valence-electron chi connectivity index (χ1n) is 6.86. The summed E-state index contributed by atoms with van der Waals surface area (Å²) in [4.78, 5) is 0. The van der Waals surface area contributed by atoms with Crippen LogP contribution in [0.25, 0.3) is 0 Å². The maximum Gasteiger partial charge on any atom is 0.0733 e. The zero-order valence-electron chi connectivity index (χ0n) is 10.9. The van der Waals surface area contributed by atoms with E-state index in [1.165, 1.54) is 24.1 Å². The number of ether oxygens (including phenoxy) is 1. The fourth-order valence-electron chi connectivity index (χ4n) is 3.34. The Kier molecular flexibility index (Phi) is 3.37. The molecule has 0 amide bonds. The van der Waals surface area contributed by atoms with E-state index in [1.807, 2.05) is 0 Å². The zero-order chi connectivity index (χ0) is 12.4. The minimum atomic E-state index is 0.680. The van der Waals surface area contributed by atoms with E-state index in [4.69, 9.17) is 4.74 Å². The Morgan fingerprint density at radius 2 is 2.11 bits per heavy atom. The number of nitrogens with one attached hydrogen (secondary N) is 1. The second-order valence-corrected chi connectivity index (χ2v) is 5.51. The molecule has 96 valence electrons. The van der Waals surface area contributed by atoms with Crippen molar-refractivity contribution in [2.45, 2.75) is 19.4 Å². The number of benzene rings is 1. The molecule has 2 nitrogen and oxygen atoms in total. The molecule has 1 saturated carbocycles. The number of anilines is 1. The molecule has 18 heavy (non-hydrogen) atoms. The molecule has 2 aliphatic carbocycles. The number of rotatable bonds is 5. The number of fused-ring (bicyclic) bond motifs is 2. The third-order valence-electron chi connectivity index (χ3n) is 4.29. The van der Waals surface area contributed by atoms with Crippen LogP contribution in [-0.4, -0.2) is 13.7 Å². The Morgan fingerprint density at radius 1 is 1.22 bits per heavy atom. The van der Waals surface area contributed by atoms with Crippen LogP contribution in [0.5, 0.6) is 0 Å². The molecular formula is C16H21NO. The second kappa shape index (κ2) is 5.15. The topological polar surface area (TPSA) is 21.3 Å². The van der Waals surface area contributed by atoms with Gasteiger partial charge in [-0.3, -0.25) is 0 Å². The zero-order valence-corrected chi connectivity index (χ0v) is 10.9. The predicted octanol–water partition coefficient (Wildman–Crippen LogP) is 3.46. The van der Waals surface area contributed by atoms with Crippen molar-refractivity contribution in [3.8, 4) is 0 Å². The van der Waals surface area contributed by atoms with Gasteiger partial charge in [-0.2, -0.15) is 0 Å². The standard InChI is InChI=1S/C16H21NO/c1-18-11-14-4-2-3-5-16(14)17-10-15-9-12-6-7-13(15)8-12/h2-7,12-13,15,17H,8-11H2,1H3. The molecule has 2 bridgehead atoms. The van der Waals surface area contributed by atoms with E-state index < -0.39 is 0 Å². The van der Waals surface area contributed by atoms with Crippen LogP contribution in [0.3, 0.4) is 0 Å². The monoisotopic (exact) mass is 243 g/mol. The van der Waals surface area contributed by atoms with Crippen molar-refractivity contribution in [1.29, 1.82) is 0 Å². The molecular weight excluding hydrogens is 222 g/mol. The lowest BCUT2D eigenvalue weighted by molar-refractivity contribution is 0.185. The van der Waals surface area contributed by atoms with Gasteiger partial charge in [-0.1, -0.05) is 30.4 Å². The first-order valence-corrected chi connectivity index (χ1v) is 6.86. The number of methoxy groups -OCH3 is 1. The molecule has 0 heterocycles. The number of hydrogen-bond donors (Lipinski definition) is 1. The molecule has 0 aromatic heterocycles. The van der Waals surface area contributed by atoms with Crippen molar-refractivity contribution in [3.05, 3.63) is 42.0 Å². The smallest absolute Gasteiger partial charge is 0.0733 e. The van der Waals surface area contributed by atoms with Crippen LogP contribution in [0.1, 0.15) is 18.4 Å². The SMILES string of the molecule is COCc1ccccc1NCC1CC2C=CC1C2. The van der Waals surface area contributed by atoms with E-state index >= 15 is 0 Å². The summed E-state index contributed by atoms with van der Waals surface area (Å²) in [5.74, 6) is 2.49. The number of para-hydroxylation sites is 1. The Morgan fingerprint density at radius 3 is 2.83 bits per heavy atom. The van der Waals surface area contributed by atoms with Crippen molar-refractivity contribution in [3.63, 3.8) is 0 Å². The van der Waals surface area contributed by atoms with E-state index in [0.717, 1.165) is 24.3 Å². The van der Waals surface area contributed by atoms with Gasteiger partial charge < -0.3 is 10.1 Å². The Balaban J connectivity index is 1.61. The predicted molar refractivity (Wildman–Crippen MR) is 74.5 cm³/mol. The van der Waals surface area contributed by atoms with Gasteiger partial charge in [0.15, 0.2) is 0 Å². The minimum absolute atomic E-state index is 0.680. The number of hydrogen-bond acceptors (Lipinski definition) is 2. The molecule has 1 aromatic carbocycles. The van der Waals surface area contributed by atoms with Crippen molar-refractivity contribution in [2.24, 2.45) is 17.8 Å². The van der Waals surface area contributed by atoms with Gasteiger partial charge in [-0.25, -0.2) is 0 Å². The van der Waals surface area contributed by atoms with Crippen LogP contribution < -0.4 is 5.32 Å². The summed E-state index contributed by atoms with van der Waals surface area (Å²) in [6.45, 7) is 1.77. The van der Waals surface area contributed by atoms with E-state index in [2.05, 4.69) is 41.7 Å². The van der Waals surface area contributed by atoms with Crippen LogP contribution in [0, 0.1) is 17.8 Å². The molecule has 3 rings (SSSR count). The lowest BCUT2D eigenvalue weighted by Crippen LogP contribution is -2.18. The van der Waals surface area contributed by atoms with Gasteiger partial charge in [0.05, 0.1) is 6.61 Å². The van der Waals surface area contributed by atoms with E-state index in [1.54, 1.807) is 7.11 Å². The Labute approximate surface area is 109 Å². The molecule has 0 aliphatic heterocycles. The molecule has 3 atom stereocenters. The summed E-state index contributed by atoms with van der Waals surface area (Å²) in [5, 5.41) is 3.61. The summed E-state index contributed by atoms with van der Waals surface area (Å²) in [6, 6.07) is 8.44. The summed E-state index contributed by atoms with van der Waals surface area (Å²) in [5.41, 5.74) is 2.48. The third-order valence-corrected chi connectivity index (χ3v) is 4.29. The van der Waals surface area contributed by atoms with E-state index in [-0.39, 0.29) is 0 Å². The summed E-state index contributed by atoms with van der Waals surface area (Å²) < 4.78 is 5.24. The van der Waals surface area contributed by atoms with Crippen molar-refractivity contribution < 1.29 is 4.74 Å². The van der Waals surface area contributed by atoms with Gasteiger partial charge in [-0.15, -0.1) is 0 Å². The molecule has 1 aromatic rings. The molecule has 0 radical (unpaired) electrons. The molecule has 2 aliphatic rings. The van der Waals surface area contributed by atoms with Crippen LogP contribution >= 0.6 is 0 Å². The molecule has 0 saturated heterocycles. The normalized spacial score (nSPS) is 28.8. The minimum Gasteiger partial charge on any atom is -0.384 e. The summed E-state index contributed by atoms with van der Waals surface area (Å²) >= 11 is 0. The molecule has 1 fully saturated rings. The average molecular weight is 243 g/mol. The van der Waals surface area contributed by atoms with Gasteiger partial charge in [0, 0.05) is 24.9 Å². The third kappa shape index (κ3) is 2.30.